The summed E-state index contributed by atoms with van der Waals surface area (Å²) in [7, 11) is 2.19. The van der Waals surface area contributed by atoms with E-state index in [-0.39, 0.29) is 0 Å². The molecule has 1 aliphatic heterocycles. The van der Waals surface area contributed by atoms with Gasteiger partial charge in [0.15, 0.2) is 0 Å². The zero-order valence-corrected chi connectivity index (χ0v) is 11.2. The van der Waals surface area contributed by atoms with E-state index in [1.165, 1.54) is 11.3 Å². The minimum absolute atomic E-state index is 0.384. The van der Waals surface area contributed by atoms with Crippen LogP contribution in [-0.4, -0.2) is 36.6 Å². The standard InChI is InChI=1S/C16H19N3/c1-18-10-11-19(15-7-3-2-4-8-15)16(13-18)14-6-5-9-17-12-14/h2-9,12,16H,10-11,13H2,1H3. The van der Waals surface area contributed by atoms with Crippen molar-refractivity contribution in [2.45, 2.75) is 6.04 Å². The van der Waals surface area contributed by atoms with Gasteiger partial charge in [-0.15, -0.1) is 0 Å². The summed E-state index contributed by atoms with van der Waals surface area (Å²) in [6, 6.07) is 15.2. The number of piperazine rings is 1. The van der Waals surface area contributed by atoms with Crippen molar-refractivity contribution in [2.24, 2.45) is 0 Å². The molecule has 0 radical (unpaired) electrons. The van der Waals surface area contributed by atoms with Gasteiger partial charge >= 0.3 is 0 Å². The number of pyridine rings is 1. The Labute approximate surface area is 114 Å². The highest BCUT2D eigenvalue weighted by Gasteiger charge is 2.26. The zero-order valence-electron chi connectivity index (χ0n) is 11.2. The Balaban J connectivity index is 1.93. The Bertz CT molecular complexity index is 512. The minimum Gasteiger partial charge on any atom is -0.362 e. The summed E-state index contributed by atoms with van der Waals surface area (Å²) in [5.74, 6) is 0. The zero-order chi connectivity index (χ0) is 13.1. The molecule has 2 heterocycles. The lowest BCUT2D eigenvalue weighted by atomic mass is 10.0. The van der Waals surface area contributed by atoms with Gasteiger partial charge in [0.25, 0.3) is 0 Å². The lowest BCUT2D eigenvalue weighted by Gasteiger charge is -2.41. The van der Waals surface area contributed by atoms with Gasteiger partial charge in [0.05, 0.1) is 6.04 Å². The maximum absolute atomic E-state index is 4.27. The van der Waals surface area contributed by atoms with Gasteiger partial charge in [0.2, 0.25) is 0 Å². The molecule has 3 rings (SSSR count). The van der Waals surface area contributed by atoms with E-state index in [9.17, 15) is 0 Å². The van der Waals surface area contributed by atoms with Crippen LogP contribution in [0.15, 0.2) is 54.9 Å². The second-order valence-electron chi connectivity index (χ2n) is 5.09. The molecular formula is C16H19N3. The van der Waals surface area contributed by atoms with Gasteiger partial charge in [-0.05, 0) is 30.8 Å². The second kappa shape index (κ2) is 5.41. The number of hydrogen-bond acceptors (Lipinski definition) is 3. The topological polar surface area (TPSA) is 19.4 Å². The van der Waals surface area contributed by atoms with Crippen LogP contribution in [0.2, 0.25) is 0 Å². The number of likely N-dealkylation sites (N-methyl/N-ethyl adjacent to an activating group) is 1. The predicted molar refractivity (Wildman–Crippen MR) is 78.3 cm³/mol. The third kappa shape index (κ3) is 2.61. The van der Waals surface area contributed by atoms with Gasteiger partial charge in [-0.2, -0.15) is 0 Å². The molecule has 0 bridgehead atoms. The van der Waals surface area contributed by atoms with E-state index in [0.29, 0.717) is 6.04 Å². The van der Waals surface area contributed by atoms with Crippen molar-refractivity contribution >= 4 is 5.69 Å². The van der Waals surface area contributed by atoms with Crippen LogP contribution in [0.5, 0.6) is 0 Å². The van der Waals surface area contributed by atoms with Gasteiger partial charge < -0.3 is 9.80 Å². The average Bonchev–Trinajstić information content (AvgIpc) is 2.49. The molecule has 0 saturated carbocycles. The van der Waals surface area contributed by atoms with E-state index in [2.05, 4.69) is 58.2 Å². The van der Waals surface area contributed by atoms with Gasteiger partial charge in [-0.1, -0.05) is 24.3 Å². The molecule has 0 aliphatic carbocycles. The summed E-state index contributed by atoms with van der Waals surface area (Å²) >= 11 is 0. The van der Waals surface area contributed by atoms with Crippen molar-refractivity contribution in [1.82, 2.24) is 9.88 Å². The average molecular weight is 253 g/mol. The van der Waals surface area contributed by atoms with Crippen molar-refractivity contribution in [3.8, 4) is 0 Å². The van der Waals surface area contributed by atoms with Crippen LogP contribution in [0, 0.1) is 0 Å². The Morgan fingerprint density at radius 2 is 1.89 bits per heavy atom. The molecule has 1 fully saturated rings. The molecule has 0 N–H and O–H groups in total. The van der Waals surface area contributed by atoms with Crippen molar-refractivity contribution in [2.75, 3.05) is 31.6 Å². The van der Waals surface area contributed by atoms with Crippen LogP contribution >= 0.6 is 0 Å². The molecule has 19 heavy (non-hydrogen) atoms. The first kappa shape index (κ1) is 12.2. The number of benzene rings is 1. The maximum atomic E-state index is 4.27. The highest BCUT2D eigenvalue weighted by atomic mass is 15.3. The number of rotatable bonds is 2. The molecule has 3 heteroatoms. The number of anilines is 1. The van der Waals surface area contributed by atoms with Crippen LogP contribution < -0.4 is 4.90 Å². The van der Waals surface area contributed by atoms with Gasteiger partial charge in [0, 0.05) is 37.7 Å². The Kier molecular flexibility index (Phi) is 3.47. The van der Waals surface area contributed by atoms with E-state index in [0.717, 1.165) is 19.6 Å². The smallest absolute Gasteiger partial charge is 0.0684 e. The first-order valence-electron chi connectivity index (χ1n) is 6.75. The number of nitrogens with zero attached hydrogens (tertiary/aromatic N) is 3. The summed E-state index contributed by atoms with van der Waals surface area (Å²) in [5, 5.41) is 0. The molecule has 1 aliphatic rings. The van der Waals surface area contributed by atoms with E-state index in [1.54, 1.807) is 0 Å². The van der Waals surface area contributed by atoms with Crippen molar-refractivity contribution in [3.05, 3.63) is 60.4 Å². The highest BCUT2D eigenvalue weighted by Crippen LogP contribution is 2.29. The highest BCUT2D eigenvalue weighted by molar-refractivity contribution is 5.49. The van der Waals surface area contributed by atoms with E-state index in [4.69, 9.17) is 0 Å². The first-order valence-corrected chi connectivity index (χ1v) is 6.75. The van der Waals surface area contributed by atoms with Crippen molar-refractivity contribution < 1.29 is 0 Å². The van der Waals surface area contributed by atoms with Gasteiger partial charge in [-0.3, -0.25) is 4.98 Å². The number of hydrogen-bond donors (Lipinski definition) is 0. The summed E-state index contributed by atoms with van der Waals surface area (Å²) in [6.45, 7) is 3.20. The lowest BCUT2D eigenvalue weighted by Crippen LogP contribution is -2.46. The molecule has 0 amide bonds. The van der Waals surface area contributed by atoms with Crippen LogP contribution in [0.3, 0.4) is 0 Å². The van der Waals surface area contributed by atoms with Gasteiger partial charge in [-0.25, -0.2) is 0 Å². The molecule has 0 spiro atoms. The SMILES string of the molecule is CN1CCN(c2ccccc2)C(c2cccnc2)C1. The molecule has 1 saturated heterocycles. The monoisotopic (exact) mass is 253 g/mol. The molecule has 3 nitrogen and oxygen atoms in total. The second-order valence-corrected chi connectivity index (χ2v) is 5.09. The van der Waals surface area contributed by atoms with Crippen LogP contribution in [0.4, 0.5) is 5.69 Å². The van der Waals surface area contributed by atoms with Gasteiger partial charge in [0.1, 0.15) is 0 Å². The van der Waals surface area contributed by atoms with E-state index in [1.807, 2.05) is 18.5 Å². The Morgan fingerprint density at radius 3 is 2.63 bits per heavy atom. The van der Waals surface area contributed by atoms with Crippen LogP contribution in [-0.2, 0) is 0 Å². The molecule has 1 atom stereocenters. The van der Waals surface area contributed by atoms with E-state index < -0.39 is 0 Å². The summed E-state index contributed by atoms with van der Waals surface area (Å²) < 4.78 is 0. The summed E-state index contributed by atoms with van der Waals surface area (Å²) in [6.07, 6.45) is 3.82. The lowest BCUT2D eigenvalue weighted by molar-refractivity contribution is 0.269. The van der Waals surface area contributed by atoms with Crippen LogP contribution in [0.25, 0.3) is 0 Å². The van der Waals surface area contributed by atoms with Crippen molar-refractivity contribution in [1.29, 1.82) is 0 Å². The van der Waals surface area contributed by atoms with E-state index >= 15 is 0 Å². The fourth-order valence-corrected chi connectivity index (χ4v) is 2.71. The molecule has 1 aromatic heterocycles. The minimum atomic E-state index is 0.384. The molecule has 1 unspecified atom stereocenters. The fraction of sp³-hybridized carbons (Fsp3) is 0.312. The molecule has 2 aromatic rings. The quantitative estimate of drug-likeness (QED) is 0.820. The first-order chi connectivity index (χ1) is 9.34. The molecular weight excluding hydrogens is 234 g/mol. The summed E-state index contributed by atoms with van der Waals surface area (Å²) in [5.41, 5.74) is 2.59. The third-order valence-electron chi connectivity index (χ3n) is 3.74. The fourth-order valence-electron chi connectivity index (χ4n) is 2.71. The number of para-hydroxylation sites is 1. The predicted octanol–water partition coefficient (Wildman–Crippen LogP) is 2.57. The van der Waals surface area contributed by atoms with Crippen LogP contribution in [0.1, 0.15) is 11.6 Å². The Hall–Kier alpha value is -1.87. The number of aromatic nitrogens is 1. The van der Waals surface area contributed by atoms with Crippen molar-refractivity contribution in [3.63, 3.8) is 0 Å². The molecule has 98 valence electrons. The maximum Gasteiger partial charge on any atom is 0.0684 e. The largest absolute Gasteiger partial charge is 0.362 e. The Morgan fingerprint density at radius 1 is 1.05 bits per heavy atom. The molecule has 1 aromatic carbocycles. The summed E-state index contributed by atoms with van der Waals surface area (Å²) in [4.78, 5) is 9.14. The third-order valence-corrected chi connectivity index (χ3v) is 3.74. The normalized spacial score (nSPS) is 20.5.